The number of piperidine rings is 1. The van der Waals surface area contributed by atoms with Gasteiger partial charge in [0.1, 0.15) is 6.61 Å². The highest BCUT2D eigenvalue weighted by Crippen LogP contribution is 2.49. The molecule has 1 atom stereocenters. The average Bonchev–Trinajstić information content (AvgIpc) is 2.65. The highest BCUT2D eigenvalue weighted by molar-refractivity contribution is 5.94. The number of carbonyl (C=O) groups is 2. The Balaban J connectivity index is 1.57. The largest absolute Gasteiger partial charge is 0.375 e. The molecule has 1 heterocycles. The van der Waals surface area contributed by atoms with Crippen molar-refractivity contribution in [1.29, 1.82) is 5.26 Å². The SMILES string of the molecule is COCC(=O)NC1CCC12CCN(C(=O)c1ccc(C#N)cc1)CC2. The molecule has 1 N–H and O–H groups in total. The van der Waals surface area contributed by atoms with Gasteiger partial charge in [-0.1, -0.05) is 0 Å². The third kappa shape index (κ3) is 3.52. The molecule has 1 saturated heterocycles. The van der Waals surface area contributed by atoms with E-state index in [-0.39, 0.29) is 29.9 Å². The van der Waals surface area contributed by atoms with Crippen LogP contribution in [0.25, 0.3) is 0 Å². The maximum Gasteiger partial charge on any atom is 0.253 e. The van der Waals surface area contributed by atoms with Crippen LogP contribution in [0.1, 0.15) is 41.6 Å². The van der Waals surface area contributed by atoms with Crippen molar-refractivity contribution in [3.8, 4) is 6.07 Å². The van der Waals surface area contributed by atoms with Gasteiger partial charge in [0.25, 0.3) is 5.91 Å². The summed E-state index contributed by atoms with van der Waals surface area (Å²) in [5.74, 6) is -0.0544. The molecule has 1 saturated carbocycles. The molecule has 1 spiro atoms. The molecule has 25 heavy (non-hydrogen) atoms. The summed E-state index contributed by atoms with van der Waals surface area (Å²) in [6, 6.07) is 9.02. The van der Waals surface area contributed by atoms with Crippen molar-refractivity contribution in [2.45, 2.75) is 31.7 Å². The van der Waals surface area contributed by atoms with Crippen LogP contribution in [0.5, 0.6) is 0 Å². The summed E-state index contributed by atoms with van der Waals surface area (Å²) < 4.78 is 4.88. The number of hydrogen-bond donors (Lipinski definition) is 1. The lowest BCUT2D eigenvalue weighted by Crippen LogP contribution is -2.60. The van der Waals surface area contributed by atoms with Crippen LogP contribution in [-0.2, 0) is 9.53 Å². The van der Waals surface area contributed by atoms with Crippen LogP contribution in [0.3, 0.4) is 0 Å². The lowest BCUT2D eigenvalue weighted by atomic mass is 9.59. The van der Waals surface area contributed by atoms with Gasteiger partial charge < -0.3 is 15.0 Å². The van der Waals surface area contributed by atoms with Gasteiger partial charge in [0.2, 0.25) is 5.91 Å². The van der Waals surface area contributed by atoms with E-state index in [0.717, 1.165) is 25.7 Å². The number of hydrogen-bond acceptors (Lipinski definition) is 4. The molecule has 1 aliphatic heterocycles. The lowest BCUT2D eigenvalue weighted by Gasteiger charge is -2.54. The Morgan fingerprint density at radius 3 is 2.48 bits per heavy atom. The number of benzene rings is 1. The lowest BCUT2D eigenvalue weighted by molar-refractivity contribution is -0.129. The maximum atomic E-state index is 12.6. The van der Waals surface area contributed by atoms with Gasteiger partial charge in [-0.25, -0.2) is 0 Å². The van der Waals surface area contributed by atoms with Gasteiger partial charge in [-0.15, -0.1) is 0 Å². The van der Waals surface area contributed by atoms with Gasteiger partial charge in [-0.3, -0.25) is 9.59 Å². The van der Waals surface area contributed by atoms with E-state index in [1.54, 1.807) is 24.3 Å². The molecule has 2 amide bonds. The van der Waals surface area contributed by atoms with Crippen LogP contribution in [0.15, 0.2) is 24.3 Å². The molecule has 2 fully saturated rings. The van der Waals surface area contributed by atoms with Gasteiger partial charge >= 0.3 is 0 Å². The minimum Gasteiger partial charge on any atom is -0.375 e. The fourth-order valence-corrected chi connectivity index (χ4v) is 3.91. The summed E-state index contributed by atoms with van der Waals surface area (Å²) in [4.78, 5) is 26.3. The second-order valence-corrected chi connectivity index (χ2v) is 6.94. The molecule has 1 unspecified atom stereocenters. The van der Waals surface area contributed by atoms with Crippen molar-refractivity contribution in [1.82, 2.24) is 10.2 Å². The molecule has 1 aliphatic carbocycles. The number of rotatable bonds is 4. The summed E-state index contributed by atoms with van der Waals surface area (Å²) in [7, 11) is 1.52. The first-order chi connectivity index (χ1) is 12.1. The molecule has 6 nitrogen and oxygen atoms in total. The Hall–Kier alpha value is -2.39. The monoisotopic (exact) mass is 341 g/mol. The fraction of sp³-hybridized carbons (Fsp3) is 0.526. The van der Waals surface area contributed by atoms with Crippen molar-refractivity contribution in [3.63, 3.8) is 0 Å². The van der Waals surface area contributed by atoms with Crippen molar-refractivity contribution < 1.29 is 14.3 Å². The first-order valence-electron chi connectivity index (χ1n) is 8.66. The van der Waals surface area contributed by atoms with Crippen LogP contribution in [0.4, 0.5) is 0 Å². The zero-order valence-corrected chi connectivity index (χ0v) is 14.5. The Morgan fingerprint density at radius 2 is 1.96 bits per heavy atom. The van der Waals surface area contributed by atoms with Crippen molar-refractivity contribution in [3.05, 3.63) is 35.4 Å². The van der Waals surface area contributed by atoms with Crippen LogP contribution < -0.4 is 5.32 Å². The highest BCUT2D eigenvalue weighted by atomic mass is 16.5. The minimum atomic E-state index is -0.0670. The molecule has 0 aromatic heterocycles. The average molecular weight is 341 g/mol. The number of nitrogens with zero attached hydrogens (tertiary/aromatic N) is 2. The summed E-state index contributed by atoms with van der Waals surface area (Å²) in [6.07, 6.45) is 3.92. The zero-order valence-electron chi connectivity index (χ0n) is 14.5. The molecule has 132 valence electrons. The molecule has 1 aromatic carbocycles. The molecule has 2 aliphatic rings. The predicted octanol–water partition coefficient (Wildman–Crippen LogP) is 1.71. The molecule has 1 aromatic rings. The van der Waals surface area contributed by atoms with Gasteiger partial charge in [-0.2, -0.15) is 5.26 Å². The van der Waals surface area contributed by atoms with E-state index < -0.39 is 0 Å². The molecule has 0 radical (unpaired) electrons. The van der Waals surface area contributed by atoms with Crippen LogP contribution in [0.2, 0.25) is 0 Å². The number of methoxy groups -OCH3 is 1. The maximum absolute atomic E-state index is 12.6. The van der Waals surface area contributed by atoms with Gasteiger partial charge in [0, 0.05) is 31.8 Å². The van der Waals surface area contributed by atoms with Gasteiger partial charge in [-0.05, 0) is 55.4 Å². The van der Waals surface area contributed by atoms with Gasteiger partial charge in [0.15, 0.2) is 0 Å². The highest BCUT2D eigenvalue weighted by Gasteiger charge is 2.49. The Bertz CT molecular complexity index is 685. The van der Waals surface area contributed by atoms with E-state index >= 15 is 0 Å². The summed E-state index contributed by atoms with van der Waals surface area (Å²) >= 11 is 0. The van der Waals surface area contributed by atoms with E-state index in [1.807, 2.05) is 4.90 Å². The number of nitriles is 1. The summed E-state index contributed by atoms with van der Waals surface area (Å²) in [5.41, 5.74) is 1.30. The molecule has 6 heteroatoms. The van der Waals surface area contributed by atoms with Gasteiger partial charge in [0.05, 0.1) is 11.6 Å². The van der Waals surface area contributed by atoms with Crippen LogP contribution in [0, 0.1) is 16.7 Å². The molecule has 3 rings (SSSR count). The smallest absolute Gasteiger partial charge is 0.253 e. The zero-order chi connectivity index (χ0) is 17.9. The second-order valence-electron chi connectivity index (χ2n) is 6.94. The summed E-state index contributed by atoms with van der Waals surface area (Å²) in [6.45, 7) is 1.50. The van der Waals surface area contributed by atoms with Crippen molar-refractivity contribution >= 4 is 11.8 Å². The van der Waals surface area contributed by atoms with E-state index in [4.69, 9.17) is 10.00 Å². The first-order valence-corrected chi connectivity index (χ1v) is 8.66. The Labute approximate surface area is 147 Å². The third-order valence-electron chi connectivity index (χ3n) is 5.59. The normalized spacial score (nSPS) is 21.3. The number of amides is 2. The molecular weight excluding hydrogens is 318 g/mol. The standard InChI is InChI=1S/C19H23N3O3/c1-25-13-17(23)21-16-6-7-19(16)8-10-22(11-9-19)18(24)15-4-2-14(12-20)3-5-15/h2-5,16H,6-11,13H2,1H3,(H,21,23). The Morgan fingerprint density at radius 1 is 1.28 bits per heavy atom. The van der Waals surface area contributed by atoms with E-state index in [9.17, 15) is 9.59 Å². The molecule has 0 bridgehead atoms. The fourth-order valence-electron chi connectivity index (χ4n) is 3.91. The predicted molar refractivity (Wildman–Crippen MR) is 91.8 cm³/mol. The number of nitrogens with one attached hydrogen (secondary N) is 1. The van der Waals surface area contributed by atoms with Crippen molar-refractivity contribution in [2.75, 3.05) is 26.8 Å². The van der Waals surface area contributed by atoms with Crippen LogP contribution in [-0.4, -0.2) is 49.6 Å². The van der Waals surface area contributed by atoms with Crippen molar-refractivity contribution in [2.24, 2.45) is 5.41 Å². The number of ether oxygens (including phenoxy) is 1. The number of carbonyl (C=O) groups excluding carboxylic acids is 2. The number of likely N-dealkylation sites (tertiary alicyclic amines) is 1. The third-order valence-corrected chi connectivity index (χ3v) is 5.59. The first kappa shape index (κ1) is 17.4. The van der Waals surface area contributed by atoms with E-state index in [0.29, 0.717) is 24.2 Å². The minimum absolute atomic E-state index is 0.0126. The quantitative estimate of drug-likeness (QED) is 0.904. The van der Waals surface area contributed by atoms with E-state index in [2.05, 4.69) is 11.4 Å². The topological polar surface area (TPSA) is 82.4 Å². The van der Waals surface area contributed by atoms with Crippen LogP contribution >= 0.6 is 0 Å². The Kier molecular flexibility index (Phi) is 5.05. The second kappa shape index (κ2) is 7.24. The van der Waals surface area contributed by atoms with E-state index in [1.165, 1.54) is 7.11 Å². The molecular formula is C19H23N3O3. The summed E-state index contributed by atoms with van der Waals surface area (Å²) in [5, 5.41) is 11.9.